The van der Waals surface area contributed by atoms with Gasteiger partial charge in [0.15, 0.2) is 6.61 Å². The van der Waals surface area contributed by atoms with Crippen molar-refractivity contribution in [2.75, 3.05) is 33.4 Å². The van der Waals surface area contributed by atoms with Gasteiger partial charge in [0.1, 0.15) is 23.7 Å². The van der Waals surface area contributed by atoms with Crippen molar-refractivity contribution in [3.05, 3.63) is 59.7 Å². The first-order valence-electron chi connectivity index (χ1n) is 11.8. The lowest BCUT2D eigenvalue weighted by Gasteiger charge is -2.37. The molecular weight excluding hydrogens is 450 g/mol. The van der Waals surface area contributed by atoms with Crippen LogP contribution in [0.25, 0.3) is 0 Å². The Hall–Kier alpha value is -3.75. The Morgan fingerprint density at radius 1 is 1.09 bits per heavy atom. The predicted octanol–water partition coefficient (Wildman–Crippen LogP) is 3.51. The van der Waals surface area contributed by atoms with Gasteiger partial charge in [-0.15, -0.1) is 0 Å². The third-order valence-electron chi connectivity index (χ3n) is 6.34. The van der Waals surface area contributed by atoms with Crippen molar-refractivity contribution in [1.82, 2.24) is 10.2 Å². The van der Waals surface area contributed by atoms with E-state index >= 15 is 0 Å². The van der Waals surface area contributed by atoms with Gasteiger partial charge in [-0.2, -0.15) is 0 Å². The molecule has 2 aliphatic rings. The van der Waals surface area contributed by atoms with E-state index in [-0.39, 0.29) is 18.6 Å². The number of nitrogens with zero attached hydrogens (tertiary/aromatic N) is 2. The first kappa shape index (κ1) is 24.4. The Morgan fingerprint density at radius 2 is 1.77 bits per heavy atom. The maximum absolute atomic E-state index is 12.6. The number of likely N-dealkylation sites (tertiary alicyclic amines) is 1. The number of rotatable bonds is 9. The summed E-state index contributed by atoms with van der Waals surface area (Å²) in [5.74, 6) is 1.33. The van der Waals surface area contributed by atoms with E-state index in [4.69, 9.17) is 19.0 Å². The molecule has 0 aliphatic carbocycles. The number of oxime groups is 1. The zero-order chi connectivity index (χ0) is 24.7. The molecule has 186 valence electrons. The monoisotopic (exact) mass is 481 g/mol. The van der Waals surface area contributed by atoms with Crippen molar-refractivity contribution >= 4 is 17.7 Å². The number of amides is 2. The molecule has 9 heteroatoms. The van der Waals surface area contributed by atoms with Crippen LogP contribution in [0.5, 0.6) is 11.5 Å². The highest BCUT2D eigenvalue weighted by atomic mass is 16.6. The average Bonchev–Trinajstić information content (AvgIpc) is 3.26. The molecule has 1 N–H and O–H groups in total. The van der Waals surface area contributed by atoms with Gasteiger partial charge in [-0.1, -0.05) is 24.2 Å². The van der Waals surface area contributed by atoms with Gasteiger partial charge in [-0.25, -0.2) is 4.79 Å². The molecule has 2 fully saturated rings. The molecule has 0 radical (unpaired) electrons. The van der Waals surface area contributed by atoms with Crippen molar-refractivity contribution in [3.63, 3.8) is 0 Å². The van der Waals surface area contributed by atoms with Gasteiger partial charge in [-0.05, 0) is 53.9 Å². The molecule has 2 saturated heterocycles. The number of benzene rings is 2. The molecule has 1 spiro atoms. The van der Waals surface area contributed by atoms with Crippen LogP contribution in [0.15, 0.2) is 53.7 Å². The lowest BCUT2D eigenvalue weighted by molar-refractivity contribution is -0.136. The van der Waals surface area contributed by atoms with Crippen LogP contribution >= 0.6 is 0 Å². The molecule has 0 aromatic heterocycles. The molecule has 2 heterocycles. The lowest BCUT2D eigenvalue weighted by Crippen LogP contribution is -2.49. The van der Waals surface area contributed by atoms with Crippen LogP contribution < -0.4 is 14.8 Å². The smallest absolute Gasteiger partial charge is 0.407 e. The van der Waals surface area contributed by atoms with E-state index in [1.165, 1.54) is 0 Å². The van der Waals surface area contributed by atoms with Gasteiger partial charge in [0, 0.05) is 25.9 Å². The highest BCUT2D eigenvalue weighted by molar-refractivity contribution is 6.00. The molecule has 0 bridgehead atoms. The van der Waals surface area contributed by atoms with Crippen molar-refractivity contribution in [2.45, 2.75) is 38.4 Å². The maximum Gasteiger partial charge on any atom is 0.407 e. The highest BCUT2D eigenvalue weighted by Crippen LogP contribution is 2.29. The fourth-order valence-electron chi connectivity index (χ4n) is 4.15. The second kappa shape index (κ2) is 11.1. The first-order valence-corrected chi connectivity index (χ1v) is 11.8. The van der Waals surface area contributed by atoms with Gasteiger partial charge >= 0.3 is 6.09 Å². The summed E-state index contributed by atoms with van der Waals surface area (Å²) < 4.78 is 16.3. The minimum Gasteiger partial charge on any atom is -0.497 e. The quantitative estimate of drug-likeness (QED) is 0.435. The third-order valence-corrected chi connectivity index (χ3v) is 6.34. The number of piperidine rings is 1. The van der Waals surface area contributed by atoms with Crippen LogP contribution in [0.2, 0.25) is 0 Å². The molecular formula is C26H31N3O6. The largest absolute Gasteiger partial charge is 0.497 e. The standard InChI is InChI=1S/C26H31N3O6/c1-3-23(28-34-16-19-4-8-21(32-2)9-5-19)20-6-10-22(11-7-20)33-17-24(30)29-14-12-26(13-15-29)18-27-25(31)35-26/h4-11H,3,12-18H2,1-2H3,(H,27,31). The number of carbonyl (C=O) groups is 2. The first-order chi connectivity index (χ1) is 17.0. The summed E-state index contributed by atoms with van der Waals surface area (Å²) in [6.45, 7) is 3.94. The summed E-state index contributed by atoms with van der Waals surface area (Å²) in [6.07, 6.45) is 1.59. The molecule has 9 nitrogen and oxygen atoms in total. The lowest BCUT2D eigenvalue weighted by atomic mass is 9.91. The van der Waals surface area contributed by atoms with Crippen molar-refractivity contribution in [2.24, 2.45) is 5.16 Å². The number of carbonyl (C=O) groups excluding carboxylic acids is 2. The Bertz CT molecular complexity index is 1040. The van der Waals surface area contributed by atoms with Crippen LogP contribution in [-0.2, 0) is 21.0 Å². The summed E-state index contributed by atoms with van der Waals surface area (Å²) >= 11 is 0. The number of nitrogens with one attached hydrogen (secondary N) is 1. The zero-order valence-corrected chi connectivity index (χ0v) is 20.1. The zero-order valence-electron chi connectivity index (χ0n) is 20.1. The molecule has 2 aromatic carbocycles. The summed E-state index contributed by atoms with van der Waals surface area (Å²) in [6, 6.07) is 15.1. The number of hydrogen-bond donors (Lipinski definition) is 1. The third kappa shape index (κ3) is 6.23. The van der Waals surface area contributed by atoms with E-state index in [0.29, 0.717) is 51.3 Å². The average molecular weight is 482 g/mol. The summed E-state index contributed by atoms with van der Waals surface area (Å²) in [4.78, 5) is 31.2. The van der Waals surface area contributed by atoms with Gasteiger partial charge in [-0.3, -0.25) is 4.79 Å². The molecule has 2 amide bonds. The fraction of sp³-hybridized carbons (Fsp3) is 0.423. The van der Waals surface area contributed by atoms with E-state index in [2.05, 4.69) is 10.5 Å². The van der Waals surface area contributed by atoms with Crippen LogP contribution in [-0.4, -0.2) is 61.6 Å². The molecule has 2 aromatic rings. The van der Waals surface area contributed by atoms with Gasteiger partial charge in [0.25, 0.3) is 5.91 Å². The number of alkyl carbamates (subject to hydrolysis) is 1. The fourth-order valence-corrected chi connectivity index (χ4v) is 4.15. The highest BCUT2D eigenvalue weighted by Gasteiger charge is 2.43. The van der Waals surface area contributed by atoms with Crippen LogP contribution in [0, 0.1) is 0 Å². The molecule has 35 heavy (non-hydrogen) atoms. The van der Waals surface area contributed by atoms with Crippen LogP contribution in [0.3, 0.4) is 0 Å². The topological polar surface area (TPSA) is 98.7 Å². The van der Waals surface area contributed by atoms with E-state index in [0.717, 1.165) is 22.6 Å². The summed E-state index contributed by atoms with van der Waals surface area (Å²) in [7, 11) is 1.63. The van der Waals surface area contributed by atoms with Gasteiger partial charge in [0.2, 0.25) is 0 Å². The Kier molecular flexibility index (Phi) is 7.74. The van der Waals surface area contributed by atoms with Gasteiger partial charge < -0.3 is 29.3 Å². The molecule has 2 aliphatic heterocycles. The number of methoxy groups -OCH3 is 1. The second-order valence-corrected chi connectivity index (χ2v) is 8.63. The molecule has 4 rings (SSSR count). The Morgan fingerprint density at radius 3 is 2.37 bits per heavy atom. The van der Waals surface area contributed by atoms with Crippen molar-refractivity contribution in [1.29, 1.82) is 0 Å². The Labute approximate surface area is 205 Å². The minimum absolute atomic E-state index is 0.0376. The summed E-state index contributed by atoms with van der Waals surface area (Å²) in [5.41, 5.74) is 2.29. The normalized spacial score (nSPS) is 17.0. The van der Waals surface area contributed by atoms with Gasteiger partial charge in [0.05, 0.1) is 19.4 Å². The molecule has 0 atom stereocenters. The van der Waals surface area contributed by atoms with Crippen molar-refractivity contribution < 1.29 is 28.6 Å². The van der Waals surface area contributed by atoms with E-state index in [1.54, 1.807) is 12.0 Å². The van der Waals surface area contributed by atoms with Crippen LogP contribution in [0.4, 0.5) is 4.79 Å². The van der Waals surface area contributed by atoms with Crippen LogP contribution in [0.1, 0.15) is 37.3 Å². The minimum atomic E-state index is -0.471. The predicted molar refractivity (Wildman–Crippen MR) is 130 cm³/mol. The molecule has 0 unspecified atom stereocenters. The SMILES string of the molecule is CCC(=NOCc1ccc(OC)cc1)c1ccc(OCC(=O)N2CCC3(CC2)CNC(=O)O3)cc1. The van der Waals surface area contributed by atoms with E-state index < -0.39 is 5.60 Å². The molecule has 0 saturated carbocycles. The second-order valence-electron chi connectivity index (χ2n) is 8.63. The Balaban J connectivity index is 1.24. The van der Waals surface area contributed by atoms with E-state index in [9.17, 15) is 9.59 Å². The van der Waals surface area contributed by atoms with Crippen molar-refractivity contribution in [3.8, 4) is 11.5 Å². The number of hydrogen-bond acceptors (Lipinski definition) is 7. The maximum atomic E-state index is 12.6. The number of ether oxygens (including phenoxy) is 3. The summed E-state index contributed by atoms with van der Waals surface area (Å²) in [5, 5.41) is 7.00. The van der Waals surface area contributed by atoms with E-state index in [1.807, 2.05) is 55.5 Å².